The van der Waals surface area contributed by atoms with Crippen LogP contribution >= 0.6 is 0 Å². The van der Waals surface area contributed by atoms with Crippen molar-refractivity contribution >= 4 is 33.6 Å². The van der Waals surface area contributed by atoms with Crippen molar-refractivity contribution in [2.75, 3.05) is 13.1 Å². The summed E-state index contributed by atoms with van der Waals surface area (Å²) in [5, 5.41) is 10.3. The minimum absolute atomic E-state index is 0.0450. The van der Waals surface area contributed by atoms with Crippen molar-refractivity contribution in [3.63, 3.8) is 0 Å². The summed E-state index contributed by atoms with van der Waals surface area (Å²) in [6.07, 6.45) is 0.998. The molecule has 13 heteroatoms. The molecule has 2 aromatic carbocycles. The van der Waals surface area contributed by atoms with Crippen molar-refractivity contribution in [3.05, 3.63) is 71.3 Å². The van der Waals surface area contributed by atoms with Crippen LogP contribution in [0.4, 0.5) is 0 Å². The fourth-order valence-corrected chi connectivity index (χ4v) is 5.39. The zero-order chi connectivity index (χ0) is 27.7. The summed E-state index contributed by atoms with van der Waals surface area (Å²) in [5.41, 5.74) is 18.2. The van der Waals surface area contributed by atoms with Gasteiger partial charge in [-0.25, -0.2) is 13.1 Å². The summed E-state index contributed by atoms with van der Waals surface area (Å²) in [6, 6.07) is 13.8. The molecule has 3 rings (SSSR count). The number of hydrogen-bond donors (Lipinski definition) is 6. The van der Waals surface area contributed by atoms with Crippen molar-refractivity contribution in [3.8, 4) is 0 Å². The Labute approximate surface area is 222 Å². The molecule has 12 nitrogen and oxygen atoms in total. The van der Waals surface area contributed by atoms with Gasteiger partial charge < -0.3 is 27.4 Å². The number of carbonyl (C=O) groups is 2. The fraction of sp³-hybridized carbons (Fsp3) is 0.360. The fourth-order valence-electron chi connectivity index (χ4n) is 4.02. The quantitative estimate of drug-likeness (QED) is 0.113. The van der Waals surface area contributed by atoms with Crippen LogP contribution < -0.4 is 27.2 Å². The number of nitrogen functional groups attached to an aromatic ring is 1. The minimum Gasteiger partial charge on any atom is -0.384 e. The Hall–Kier alpha value is -3.97. The van der Waals surface area contributed by atoms with E-state index < -0.39 is 28.0 Å². The Bertz CT molecular complexity index is 1260. The number of benzene rings is 2. The lowest BCUT2D eigenvalue weighted by atomic mass is 9.99. The van der Waals surface area contributed by atoms with Gasteiger partial charge in [0.1, 0.15) is 17.9 Å². The first kappa shape index (κ1) is 28.6. The van der Waals surface area contributed by atoms with E-state index in [1.807, 2.05) is 0 Å². The number of guanidine groups is 1. The van der Waals surface area contributed by atoms with Gasteiger partial charge in [-0.2, -0.15) is 0 Å². The first-order chi connectivity index (χ1) is 18.1. The molecule has 0 aliphatic carbocycles. The molecule has 1 aliphatic heterocycles. The maximum Gasteiger partial charge on any atom is 0.243 e. The molecule has 2 aromatic rings. The highest BCUT2D eigenvalue weighted by molar-refractivity contribution is 7.88. The molecule has 2 atom stereocenters. The van der Waals surface area contributed by atoms with E-state index in [9.17, 15) is 18.0 Å². The van der Waals surface area contributed by atoms with E-state index in [1.165, 1.54) is 4.90 Å². The van der Waals surface area contributed by atoms with Gasteiger partial charge in [0.2, 0.25) is 21.8 Å². The summed E-state index contributed by atoms with van der Waals surface area (Å²) >= 11 is 0. The van der Waals surface area contributed by atoms with Crippen molar-refractivity contribution in [2.45, 2.75) is 43.6 Å². The molecule has 204 valence electrons. The first-order valence-corrected chi connectivity index (χ1v) is 13.8. The highest BCUT2D eigenvalue weighted by atomic mass is 32.2. The molecule has 1 heterocycles. The number of nitrogens with zero attached hydrogens (tertiary/aromatic N) is 2. The molecule has 0 spiro atoms. The monoisotopic (exact) mass is 542 g/mol. The predicted molar refractivity (Wildman–Crippen MR) is 145 cm³/mol. The first-order valence-electron chi connectivity index (χ1n) is 12.2. The molecule has 38 heavy (non-hydrogen) atoms. The van der Waals surface area contributed by atoms with Crippen molar-refractivity contribution in [1.82, 2.24) is 14.9 Å². The van der Waals surface area contributed by atoms with Crippen LogP contribution in [-0.2, 0) is 31.9 Å². The van der Waals surface area contributed by atoms with E-state index in [1.54, 1.807) is 54.6 Å². The maximum absolute atomic E-state index is 13.4. The normalized spacial score (nSPS) is 15.7. The van der Waals surface area contributed by atoms with Gasteiger partial charge in [0, 0.05) is 25.2 Å². The maximum atomic E-state index is 13.4. The van der Waals surface area contributed by atoms with Gasteiger partial charge in [-0.05, 0) is 30.4 Å². The molecule has 9 N–H and O–H groups in total. The number of nitrogens with two attached hydrogens (primary N) is 3. The van der Waals surface area contributed by atoms with Crippen LogP contribution in [0.15, 0.2) is 59.6 Å². The molecule has 2 amide bonds. The standard InChI is InChI=1S/C25H34N8O4S/c26-22(27)19-10-8-17(9-11-19)15-31-23(34)21-12-14-33(21)24(35)20(7-4-13-30-25(28)29)32-38(36,37)16-18-5-2-1-3-6-18/h1-3,5-6,8-11,20-21,32H,4,7,12-16H2,(H3,26,27)(H,31,34)(H4,28,29,30)/t20-,21-/m1/s1. The number of nitrogens with one attached hydrogen (secondary N) is 3. The summed E-state index contributed by atoms with van der Waals surface area (Å²) in [5.74, 6) is -1.21. The van der Waals surface area contributed by atoms with Crippen LogP contribution in [0.3, 0.4) is 0 Å². The SMILES string of the molecule is N=C(N)c1ccc(CNC(=O)[C@H]2CCN2C(=O)[C@@H](CCCN=C(N)N)NS(=O)(=O)Cc2ccccc2)cc1. The number of rotatable bonds is 13. The van der Waals surface area contributed by atoms with E-state index in [2.05, 4.69) is 15.0 Å². The van der Waals surface area contributed by atoms with E-state index in [-0.39, 0.29) is 43.0 Å². The number of likely N-dealkylation sites (tertiary alicyclic amines) is 1. The van der Waals surface area contributed by atoms with Gasteiger partial charge in [0.15, 0.2) is 5.96 Å². The van der Waals surface area contributed by atoms with Crippen LogP contribution in [0, 0.1) is 5.41 Å². The lowest BCUT2D eigenvalue weighted by Crippen LogP contribution is -2.62. The molecule has 0 bridgehead atoms. The average molecular weight is 543 g/mol. The van der Waals surface area contributed by atoms with Gasteiger partial charge in [0.25, 0.3) is 0 Å². The summed E-state index contributed by atoms with van der Waals surface area (Å²) < 4.78 is 28.3. The second-order valence-corrected chi connectivity index (χ2v) is 10.8. The number of amidine groups is 1. The molecule has 0 unspecified atom stereocenters. The third-order valence-corrected chi connectivity index (χ3v) is 7.46. The Kier molecular flexibility index (Phi) is 9.79. The van der Waals surface area contributed by atoms with Gasteiger partial charge in [-0.15, -0.1) is 0 Å². The molecular weight excluding hydrogens is 508 g/mol. The van der Waals surface area contributed by atoms with Gasteiger partial charge in [-0.3, -0.25) is 20.0 Å². The van der Waals surface area contributed by atoms with Crippen molar-refractivity contribution < 1.29 is 18.0 Å². The topological polar surface area (TPSA) is 210 Å². The Balaban J connectivity index is 1.64. The molecule has 0 aromatic heterocycles. The van der Waals surface area contributed by atoms with E-state index in [4.69, 9.17) is 22.6 Å². The van der Waals surface area contributed by atoms with Gasteiger partial charge >= 0.3 is 0 Å². The highest BCUT2D eigenvalue weighted by Gasteiger charge is 2.40. The average Bonchev–Trinajstić information content (AvgIpc) is 2.84. The van der Waals surface area contributed by atoms with Gasteiger partial charge in [0.05, 0.1) is 5.75 Å². The molecule has 0 saturated carbocycles. The largest absolute Gasteiger partial charge is 0.384 e. The van der Waals surface area contributed by atoms with Crippen LogP contribution in [0.5, 0.6) is 0 Å². The van der Waals surface area contributed by atoms with Crippen LogP contribution in [0.2, 0.25) is 0 Å². The van der Waals surface area contributed by atoms with E-state index in [0.29, 0.717) is 30.5 Å². The number of hydrogen-bond acceptors (Lipinski definition) is 6. The molecule has 1 aliphatic rings. The molecule has 1 saturated heterocycles. The second-order valence-electron chi connectivity index (χ2n) is 9.03. The summed E-state index contributed by atoms with van der Waals surface area (Å²) in [4.78, 5) is 31.5. The third-order valence-electron chi connectivity index (χ3n) is 6.10. The highest BCUT2D eigenvalue weighted by Crippen LogP contribution is 2.21. The third kappa shape index (κ3) is 8.28. The van der Waals surface area contributed by atoms with Crippen molar-refractivity contribution in [1.29, 1.82) is 5.41 Å². The van der Waals surface area contributed by atoms with E-state index >= 15 is 0 Å². The molecular formula is C25H34N8O4S. The molecule has 0 radical (unpaired) electrons. The molecule has 1 fully saturated rings. The number of amides is 2. The van der Waals surface area contributed by atoms with Crippen LogP contribution in [-0.4, -0.2) is 62.1 Å². The van der Waals surface area contributed by atoms with Crippen LogP contribution in [0.25, 0.3) is 0 Å². The predicted octanol–water partition coefficient (Wildman–Crippen LogP) is -0.270. The number of sulfonamides is 1. The number of aliphatic imine (C=N–C) groups is 1. The smallest absolute Gasteiger partial charge is 0.243 e. The summed E-state index contributed by atoms with van der Waals surface area (Å²) in [6.45, 7) is 0.815. The zero-order valence-corrected chi connectivity index (χ0v) is 21.8. The Morgan fingerprint density at radius 3 is 2.32 bits per heavy atom. The zero-order valence-electron chi connectivity index (χ0n) is 21.0. The second kappa shape index (κ2) is 13.0. The number of carbonyl (C=O) groups excluding carboxylic acids is 2. The van der Waals surface area contributed by atoms with Gasteiger partial charge in [-0.1, -0.05) is 54.6 Å². The Morgan fingerprint density at radius 2 is 1.74 bits per heavy atom. The lowest BCUT2D eigenvalue weighted by molar-refractivity contribution is -0.148. The van der Waals surface area contributed by atoms with Crippen molar-refractivity contribution in [2.24, 2.45) is 22.2 Å². The summed E-state index contributed by atoms with van der Waals surface area (Å²) in [7, 11) is -3.85. The lowest BCUT2D eigenvalue weighted by Gasteiger charge is -2.41. The minimum atomic E-state index is -3.85. The Morgan fingerprint density at radius 1 is 1.05 bits per heavy atom. The van der Waals surface area contributed by atoms with Crippen LogP contribution in [0.1, 0.15) is 36.0 Å². The van der Waals surface area contributed by atoms with E-state index in [0.717, 1.165) is 5.56 Å².